The van der Waals surface area contributed by atoms with Gasteiger partial charge in [0, 0.05) is 27.7 Å². The number of nitrogens with zero attached hydrogens (tertiary/aromatic N) is 1. The van der Waals surface area contributed by atoms with Crippen LogP contribution >= 0.6 is 23.2 Å². The Labute approximate surface area is 182 Å². The molecule has 2 aromatic rings. The fourth-order valence-electron chi connectivity index (χ4n) is 2.75. The van der Waals surface area contributed by atoms with Crippen LogP contribution < -0.4 is 10.7 Å². The van der Waals surface area contributed by atoms with E-state index in [1.807, 2.05) is 0 Å². The summed E-state index contributed by atoms with van der Waals surface area (Å²) in [4.78, 5) is 48.4. The first-order chi connectivity index (χ1) is 14.3. The molecular weight excluding hydrogens is 433 g/mol. The highest BCUT2D eigenvalue weighted by Gasteiger charge is 2.36. The summed E-state index contributed by atoms with van der Waals surface area (Å²) >= 11 is 11.6. The van der Waals surface area contributed by atoms with Crippen LogP contribution in [0.3, 0.4) is 0 Å². The van der Waals surface area contributed by atoms with Crippen molar-refractivity contribution in [2.75, 3.05) is 18.5 Å². The Kier molecular flexibility index (Phi) is 6.91. The van der Waals surface area contributed by atoms with Crippen LogP contribution in [0.15, 0.2) is 48.5 Å². The van der Waals surface area contributed by atoms with E-state index in [4.69, 9.17) is 27.9 Å². The average molecular weight is 450 g/mol. The van der Waals surface area contributed by atoms with E-state index in [-0.39, 0.29) is 13.0 Å². The van der Waals surface area contributed by atoms with E-state index in [2.05, 4.69) is 10.7 Å². The van der Waals surface area contributed by atoms with Gasteiger partial charge >= 0.3 is 5.97 Å². The van der Waals surface area contributed by atoms with Crippen LogP contribution in [0.1, 0.15) is 16.8 Å². The van der Waals surface area contributed by atoms with Crippen LogP contribution in [-0.4, -0.2) is 41.9 Å². The molecule has 2 N–H and O–H groups in total. The van der Waals surface area contributed by atoms with Crippen molar-refractivity contribution in [1.82, 2.24) is 10.4 Å². The summed E-state index contributed by atoms with van der Waals surface area (Å²) < 4.78 is 5.00. The highest BCUT2D eigenvalue weighted by molar-refractivity contribution is 6.31. The van der Waals surface area contributed by atoms with Gasteiger partial charge in [0.25, 0.3) is 11.8 Å². The predicted octanol–water partition coefficient (Wildman–Crippen LogP) is 2.67. The van der Waals surface area contributed by atoms with E-state index in [0.29, 0.717) is 21.3 Å². The van der Waals surface area contributed by atoms with E-state index < -0.39 is 36.2 Å². The van der Waals surface area contributed by atoms with Crippen molar-refractivity contribution >= 4 is 52.6 Å². The molecule has 8 nitrogen and oxygen atoms in total. The van der Waals surface area contributed by atoms with Crippen molar-refractivity contribution in [2.45, 2.75) is 6.42 Å². The van der Waals surface area contributed by atoms with Crippen molar-refractivity contribution in [2.24, 2.45) is 5.92 Å². The van der Waals surface area contributed by atoms with Crippen molar-refractivity contribution in [3.63, 3.8) is 0 Å². The highest BCUT2D eigenvalue weighted by atomic mass is 35.5. The lowest BCUT2D eigenvalue weighted by atomic mass is 10.1. The summed E-state index contributed by atoms with van der Waals surface area (Å²) in [6.45, 7) is -0.543. The molecule has 1 aliphatic heterocycles. The Morgan fingerprint density at radius 2 is 1.60 bits per heavy atom. The molecule has 1 fully saturated rings. The van der Waals surface area contributed by atoms with Crippen LogP contribution in [0.5, 0.6) is 0 Å². The number of carbonyl (C=O) groups is 4. The van der Waals surface area contributed by atoms with E-state index >= 15 is 0 Å². The van der Waals surface area contributed by atoms with Gasteiger partial charge in [0.15, 0.2) is 6.61 Å². The van der Waals surface area contributed by atoms with Crippen LogP contribution in [0.25, 0.3) is 0 Å². The normalized spacial score (nSPS) is 15.6. The number of rotatable bonds is 6. The number of halogens is 2. The van der Waals surface area contributed by atoms with Gasteiger partial charge < -0.3 is 10.1 Å². The van der Waals surface area contributed by atoms with E-state index in [9.17, 15) is 19.2 Å². The monoisotopic (exact) mass is 449 g/mol. The van der Waals surface area contributed by atoms with Gasteiger partial charge in [-0.05, 0) is 48.5 Å². The summed E-state index contributed by atoms with van der Waals surface area (Å²) in [6.07, 6.45) is -0.126. The Morgan fingerprint density at radius 3 is 2.23 bits per heavy atom. The maximum atomic E-state index is 12.2. The third kappa shape index (κ3) is 5.71. The number of hydrogen-bond donors (Lipinski definition) is 2. The molecule has 0 bridgehead atoms. The largest absolute Gasteiger partial charge is 0.455 e. The van der Waals surface area contributed by atoms with Crippen LogP contribution in [0.4, 0.5) is 5.69 Å². The molecule has 2 aromatic carbocycles. The molecule has 30 heavy (non-hydrogen) atoms. The molecule has 0 spiro atoms. The van der Waals surface area contributed by atoms with Gasteiger partial charge in [-0.2, -0.15) is 0 Å². The number of nitrogens with one attached hydrogen (secondary N) is 2. The Morgan fingerprint density at radius 1 is 1.00 bits per heavy atom. The number of benzene rings is 2. The Hall–Kier alpha value is -3.10. The van der Waals surface area contributed by atoms with Crippen molar-refractivity contribution in [3.8, 4) is 0 Å². The van der Waals surface area contributed by atoms with Gasteiger partial charge in [-0.25, -0.2) is 0 Å². The zero-order chi connectivity index (χ0) is 21.7. The number of esters is 1. The van der Waals surface area contributed by atoms with E-state index in [1.54, 1.807) is 36.4 Å². The molecule has 1 aliphatic rings. The number of carbonyl (C=O) groups excluding carboxylic acids is 4. The second-order valence-corrected chi connectivity index (χ2v) is 7.39. The number of hydrogen-bond acceptors (Lipinski definition) is 5. The molecule has 1 heterocycles. The molecule has 156 valence electrons. The van der Waals surface area contributed by atoms with Gasteiger partial charge in [-0.1, -0.05) is 23.2 Å². The molecule has 0 unspecified atom stereocenters. The quantitative estimate of drug-likeness (QED) is 0.659. The zero-order valence-corrected chi connectivity index (χ0v) is 17.1. The summed E-state index contributed by atoms with van der Waals surface area (Å²) in [5.41, 5.74) is 3.28. The van der Waals surface area contributed by atoms with Crippen LogP contribution in [0, 0.1) is 5.92 Å². The first-order valence-corrected chi connectivity index (χ1v) is 9.66. The first-order valence-electron chi connectivity index (χ1n) is 8.91. The van der Waals surface area contributed by atoms with Gasteiger partial charge in [0.1, 0.15) is 0 Å². The molecule has 3 rings (SSSR count). The standard InChI is InChI=1S/C20H17Cl2N3O5/c21-14-3-1-12(2-4-14)19(28)24-25-10-13(9-18(25)27)20(29)30-11-17(26)23-16-7-5-15(22)6-8-16/h1-8,13H,9-11H2,(H,23,26)(H,24,28)/t13-/m1/s1. The van der Waals surface area contributed by atoms with Crippen molar-refractivity contribution in [1.29, 1.82) is 0 Å². The fraction of sp³-hybridized carbons (Fsp3) is 0.200. The molecule has 1 atom stereocenters. The lowest BCUT2D eigenvalue weighted by Gasteiger charge is -2.17. The molecular formula is C20H17Cl2N3O5. The molecule has 10 heteroatoms. The van der Waals surface area contributed by atoms with Crippen molar-refractivity contribution in [3.05, 3.63) is 64.1 Å². The van der Waals surface area contributed by atoms with Gasteiger partial charge in [0.05, 0.1) is 12.5 Å². The van der Waals surface area contributed by atoms with Gasteiger partial charge in [0.2, 0.25) is 5.91 Å². The summed E-state index contributed by atoms with van der Waals surface area (Å²) in [7, 11) is 0. The van der Waals surface area contributed by atoms with Gasteiger partial charge in [-0.15, -0.1) is 0 Å². The number of ether oxygens (including phenoxy) is 1. The summed E-state index contributed by atoms with van der Waals surface area (Å²) in [5, 5.41) is 4.63. The fourth-order valence-corrected chi connectivity index (χ4v) is 3.00. The molecule has 3 amide bonds. The lowest BCUT2D eigenvalue weighted by Crippen LogP contribution is -2.43. The molecule has 0 aliphatic carbocycles. The zero-order valence-electron chi connectivity index (χ0n) is 15.6. The number of anilines is 1. The average Bonchev–Trinajstić information content (AvgIpc) is 3.09. The second-order valence-electron chi connectivity index (χ2n) is 6.52. The minimum absolute atomic E-state index is 0.0458. The number of hydrazine groups is 1. The minimum Gasteiger partial charge on any atom is -0.455 e. The second kappa shape index (κ2) is 9.60. The lowest BCUT2D eigenvalue weighted by molar-refractivity contribution is -0.151. The highest BCUT2D eigenvalue weighted by Crippen LogP contribution is 2.18. The van der Waals surface area contributed by atoms with Gasteiger partial charge in [-0.3, -0.25) is 29.6 Å². The van der Waals surface area contributed by atoms with E-state index in [1.165, 1.54) is 12.1 Å². The Balaban J connectivity index is 1.47. The molecule has 1 saturated heterocycles. The third-order valence-electron chi connectivity index (χ3n) is 4.27. The summed E-state index contributed by atoms with van der Waals surface area (Å²) in [6, 6.07) is 12.6. The first kappa shape index (κ1) is 21.6. The van der Waals surface area contributed by atoms with Crippen molar-refractivity contribution < 1.29 is 23.9 Å². The topological polar surface area (TPSA) is 105 Å². The third-order valence-corrected chi connectivity index (χ3v) is 4.78. The Bertz CT molecular complexity index is 963. The summed E-state index contributed by atoms with van der Waals surface area (Å²) in [5.74, 6) is -2.94. The molecule has 0 aromatic heterocycles. The molecule has 0 radical (unpaired) electrons. The van der Waals surface area contributed by atoms with Crippen LogP contribution in [-0.2, 0) is 19.1 Å². The maximum absolute atomic E-state index is 12.2. The SMILES string of the molecule is O=C(COC(=O)[C@@H]1CC(=O)N(NC(=O)c2ccc(Cl)cc2)C1)Nc1ccc(Cl)cc1. The number of amides is 3. The van der Waals surface area contributed by atoms with E-state index in [0.717, 1.165) is 5.01 Å². The smallest absolute Gasteiger partial charge is 0.311 e. The maximum Gasteiger partial charge on any atom is 0.311 e. The molecule has 0 saturated carbocycles. The van der Waals surface area contributed by atoms with Crippen LogP contribution in [0.2, 0.25) is 10.0 Å². The minimum atomic E-state index is -0.786. The predicted molar refractivity (Wildman–Crippen MR) is 110 cm³/mol.